The molecule has 0 radical (unpaired) electrons. The van der Waals surface area contributed by atoms with E-state index in [0.717, 1.165) is 5.39 Å². The molecule has 0 aliphatic heterocycles. The van der Waals surface area contributed by atoms with Crippen LogP contribution in [0.1, 0.15) is 5.56 Å². The van der Waals surface area contributed by atoms with E-state index in [-0.39, 0.29) is 5.82 Å². The fourth-order valence-corrected chi connectivity index (χ4v) is 1.52. The van der Waals surface area contributed by atoms with Crippen LogP contribution in [0.4, 0.5) is 4.39 Å². The second-order valence-electron chi connectivity index (χ2n) is 2.87. The van der Waals surface area contributed by atoms with Gasteiger partial charge in [-0.15, -0.1) is 0 Å². The van der Waals surface area contributed by atoms with E-state index in [4.69, 9.17) is 11.6 Å². The van der Waals surface area contributed by atoms with Crippen LogP contribution in [0.2, 0.25) is 5.02 Å². The molecule has 2 aromatic rings. The second-order valence-corrected chi connectivity index (χ2v) is 3.27. The first-order valence-electron chi connectivity index (χ1n) is 3.89. The first-order valence-corrected chi connectivity index (χ1v) is 4.27. The van der Waals surface area contributed by atoms with Crippen molar-refractivity contribution in [2.75, 3.05) is 0 Å². The molecule has 0 bridgehead atoms. The highest BCUT2D eigenvalue weighted by Gasteiger charge is 2.05. The summed E-state index contributed by atoms with van der Waals surface area (Å²) in [6.45, 7) is 1.72. The lowest BCUT2D eigenvalue weighted by Gasteiger charge is -2.02. The standard InChI is InChI=1S/C10H7ClFN/c1-6-7-3-2-4-8(11)10(7)13-5-9(6)12/h2-5H,1H3. The summed E-state index contributed by atoms with van der Waals surface area (Å²) in [5.74, 6) is -0.297. The predicted molar refractivity (Wildman–Crippen MR) is 51.4 cm³/mol. The maximum atomic E-state index is 13.1. The maximum Gasteiger partial charge on any atom is 0.145 e. The molecule has 0 saturated carbocycles. The molecule has 66 valence electrons. The summed E-state index contributed by atoms with van der Waals surface area (Å²) in [5, 5.41) is 1.33. The van der Waals surface area contributed by atoms with E-state index in [1.807, 2.05) is 6.07 Å². The highest BCUT2D eigenvalue weighted by molar-refractivity contribution is 6.35. The van der Waals surface area contributed by atoms with Crippen molar-refractivity contribution in [3.63, 3.8) is 0 Å². The van der Waals surface area contributed by atoms with Gasteiger partial charge in [0.1, 0.15) is 5.82 Å². The lowest BCUT2D eigenvalue weighted by atomic mass is 10.1. The number of hydrogen-bond acceptors (Lipinski definition) is 1. The van der Waals surface area contributed by atoms with Crippen molar-refractivity contribution in [3.8, 4) is 0 Å². The van der Waals surface area contributed by atoms with Crippen molar-refractivity contribution in [2.24, 2.45) is 0 Å². The van der Waals surface area contributed by atoms with Crippen LogP contribution in [0.5, 0.6) is 0 Å². The van der Waals surface area contributed by atoms with E-state index in [1.165, 1.54) is 6.20 Å². The molecule has 13 heavy (non-hydrogen) atoms. The van der Waals surface area contributed by atoms with Gasteiger partial charge in [-0.2, -0.15) is 0 Å². The summed E-state index contributed by atoms with van der Waals surface area (Å²) in [5.41, 5.74) is 1.25. The zero-order chi connectivity index (χ0) is 9.42. The van der Waals surface area contributed by atoms with E-state index in [2.05, 4.69) is 4.98 Å². The number of hydrogen-bond donors (Lipinski definition) is 0. The molecular formula is C10H7ClFN. The van der Waals surface area contributed by atoms with Gasteiger partial charge in [0.15, 0.2) is 0 Å². The Morgan fingerprint density at radius 2 is 2.15 bits per heavy atom. The van der Waals surface area contributed by atoms with Crippen LogP contribution in [0.15, 0.2) is 24.4 Å². The quantitative estimate of drug-likeness (QED) is 0.628. The Balaban J connectivity index is 2.94. The number of aryl methyl sites for hydroxylation is 1. The Kier molecular flexibility index (Phi) is 1.93. The SMILES string of the molecule is Cc1c(F)cnc2c(Cl)cccc12. The predicted octanol–water partition coefficient (Wildman–Crippen LogP) is 3.34. The molecule has 0 spiro atoms. The molecule has 1 aromatic heterocycles. The van der Waals surface area contributed by atoms with Gasteiger partial charge in [0, 0.05) is 5.39 Å². The first kappa shape index (κ1) is 8.45. The van der Waals surface area contributed by atoms with Crippen molar-refractivity contribution < 1.29 is 4.39 Å². The van der Waals surface area contributed by atoms with E-state index in [1.54, 1.807) is 19.1 Å². The minimum Gasteiger partial charge on any atom is -0.252 e. The van der Waals surface area contributed by atoms with Crippen LogP contribution >= 0.6 is 11.6 Å². The molecule has 1 nitrogen and oxygen atoms in total. The topological polar surface area (TPSA) is 12.9 Å². The summed E-state index contributed by atoms with van der Waals surface area (Å²) in [4.78, 5) is 3.93. The number of fused-ring (bicyclic) bond motifs is 1. The molecule has 0 fully saturated rings. The van der Waals surface area contributed by atoms with Gasteiger partial charge in [0.25, 0.3) is 0 Å². The smallest absolute Gasteiger partial charge is 0.145 e. The molecule has 0 amide bonds. The maximum absolute atomic E-state index is 13.1. The Hall–Kier alpha value is -1.15. The van der Waals surface area contributed by atoms with Gasteiger partial charge in [-0.05, 0) is 18.6 Å². The number of benzene rings is 1. The summed E-state index contributed by atoms with van der Waals surface area (Å²) < 4.78 is 13.1. The molecule has 2 rings (SSSR count). The Morgan fingerprint density at radius 1 is 1.38 bits per heavy atom. The molecule has 0 aliphatic rings. The van der Waals surface area contributed by atoms with Crippen molar-refractivity contribution in [2.45, 2.75) is 6.92 Å². The lowest BCUT2D eigenvalue weighted by Crippen LogP contribution is -1.88. The summed E-state index contributed by atoms with van der Waals surface area (Å²) in [6.07, 6.45) is 1.20. The van der Waals surface area contributed by atoms with Crippen LogP contribution in [-0.4, -0.2) is 4.98 Å². The third-order valence-electron chi connectivity index (χ3n) is 2.06. The minimum absolute atomic E-state index is 0.297. The van der Waals surface area contributed by atoms with Crippen molar-refractivity contribution in [1.82, 2.24) is 4.98 Å². The highest BCUT2D eigenvalue weighted by Crippen LogP contribution is 2.24. The number of nitrogens with zero attached hydrogens (tertiary/aromatic N) is 1. The van der Waals surface area contributed by atoms with Crippen molar-refractivity contribution >= 4 is 22.5 Å². The highest BCUT2D eigenvalue weighted by atomic mass is 35.5. The van der Waals surface area contributed by atoms with Gasteiger partial charge in [-0.1, -0.05) is 23.7 Å². The van der Waals surface area contributed by atoms with Crippen molar-refractivity contribution in [1.29, 1.82) is 0 Å². The van der Waals surface area contributed by atoms with Gasteiger partial charge in [-0.25, -0.2) is 4.39 Å². The largest absolute Gasteiger partial charge is 0.252 e. The van der Waals surface area contributed by atoms with Crippen LogP contribution in [0.3, 0.4) is 0 Å². The summed E-state index contributed by atoms with van der Waals surface area (Å²) >= 11 is 5.90. The Morgan fingerprint density at radius 3 is 2.92 bits per heavy atom. The lowest BCUT2D eigenvalue weighted by molar-refractivity contribution is 0.615. The molecule has 0 unspecified atom stereocenters. The zero-order valence-corrected chi connectivity index (χ0v) is 7.77. The third-order valence-corrected chi connectivity index (χ3v) is 2.36. The van der Waals surface area contributed by atoms with Gasteiger partial charge in [-0.3, -0.25) is 4.98 Å². The number of pyridine rings is 1. The molecule has 0 saturated heterocycles. The third kappa shape index (κ3) is 1.27. The second kappa shape index (κ2) is 2.96. The Labute approximate surface area is 80.2 Å². The van der Waals surface area contributed by atoms with Gasteiger partial charge in [0.2, 0.25) is 0 Å². The van der Waals surface area contributed by atoms with Crippen LogP contribution < -0.4 is 0 Å². The van der Waals surface area contributed by atoms with Crippen LogP contribution in [0, 0.1) is 12.7 Å². The van der Waals surface area contributed by atoms with Crippen LogP contribution in [-0.2, 0) is 0 Å². The molecule has 1 aromatic carbocycles. The zero-order valence-electron chi connectivity index (χ0n) is 7.01. The molecule has 0 atom stereocenters. The number of aromatic nitrogens is 1. The summed E-state index contributed by atoms with van der Waals surface area (Å²) in [7, 11) is 0. The van der Waals surface area contributed by atoms with Crippen LogP contribution in [0.25, 0.3) is 10.9 Å². The Bertz CT molecular complexity index is 468. The van der Waals surface area contributed by atoms with Gasteiger partial charge >= 0.3 is 0 Å². The van der Waals surface area contributed by atoms with Gasteiger partial charge < -0.3 is 0 Å². The average Bonchev–Trinajstić information content (AvgIpc) is 2.12. The molecule has 0 aliphatic carbocycles. The normalized spacial score (nSPS) is 10.7. The fraction of sp³-hybridized carbons (Fsp3) is 0.100. The molecular weight excluding hydrogens is 189 g/mol. The average molecular weight is 196 g/mol. The number of rotatable bonds is 0. The molecule has 3 heteroatoms. The summed E-state index contributed by atoms with van der Waals surface area (Å²) in [6, 6.07) is 5.35. The van der Waals surface area contributed by atoms with E-state index >= 15 is 0 Å². The van der Waals surface area contributed by atoms with Gasteiger partial charge in [0.05, 0.1) is 16.7 Å². The van der Waals surface area contributed by atoms with E-state index < -0.39 is 0 Å². The monoisotopic (exact) mass is 195 g/mol. The molecule has 1 heterocycles. The molecule has 0 N–H and O–H groups in total. The van der Waals surface area contributed by atoms with E-state index in [0.29, 0.717) is 16.1 Å². The number of para-hydroxylation sites is 1. The minimum atomic E-state index is -0.297. The number of halogens is 2. The van der Waals surface area contributed by atoms with E-state index in [9.17, 15) is 4.39 Å². The first-order chi connectivity index (χ1) is 6.20. The fourth-order valence-electron chi connectivity index (χ4n) is 1.30. The van der Waals surface area contributed by atoms with Crippen molar-refractivity contribution in [3.05, 3.63) is 40.8 Å².